The number of carbonyl (C=O) groups excluding carboxylic acids is 2. The van der Waals surface area contributed by atoms with Gasteiger partial charge < -0.3 is 38.8 Å². The van der Waals surface area contributed by atoms with Gasteiger partial charge in [0.15, 0.2) is 6.23 Å². The number of aliphatic hydroxyl groups is 1. The minimum Gasteiger partial charge on any atom is -0.458 e. The van der Waals surface area contributed by atoms with Gasteiger partial charge in [-0.15, -0.1) is 6.58 Å². The second-order valence-corrected chi connectivity index (χ2v) is 21.4. The van der Waals surface area contributed by atoms with Gasteiger partial charge in [-0.2, -0.15) is 0 Å². The summed E-state index contributed by atoms with van der Waals surface area (Å²) in [6, 6.07) is 2.55. The Labute approximate surface area is 298 Å². The Morgan fingerprint density at radius 3 is 2.49 bits per heavy atom. The molecule has 0 bridgehead atoms. The molecule has 0 radical (unpaired) electrons. The SMILES string of the molecule is [2H]c1cc([2H])c2c(c1C)C[C@H]([C@H](C)[C@H](C[C@H]1O[C@H]([C@@H](NC(=O)[C@@H](C)[C@H](CC(=C)C)OC)OC)C[C@@H](O)C1(C)C)OCOCC[Si](C)(C)C)OC2=O. The summed E-state index contributed by atoms with van der Waals surface area (Å²) >= 11 is 0. The van der Waals surface area contributed by atoms with Crippen molar-refractivity contribution in [1.29, 1.82) is 0 Å². The molecule has 49 heavy (non-hydrogen) atoms. The molecule has 11 heteroatoms. The highest BCUT2D eigenvalue weighted by molar-refractivity contribution is 6.76. The van der Waals surface area contributed by atoms with Crippen LogP contribution in [0.5, 0.6) is 0 Å². The average Bonchev–Trinajstić information content (AvgIpc) is 3.04. The van der Waals surface area contributed by atoms with Crippen molar-refractivity contribution in [3.8, 4) is 0 Å². The molecule has 1 aromatic rings. The van der Waals surface area contributed by atoms with Gasteiger partial charge in [-0.3, -0.25) is 4.79 Å². The summed E-state index contributed by atoms with van der Waals surface area (Å²) in [6.07, 6.45) is -2.89. The zero-order chi connectivity index (χ0) is 38.4. The van der Waals surface area contributed by atoms with E-state index in [4.69, 9.17) is 31.2 Å². The van der Waals surface area contributed by atoms with Crippen LogP contribution in [0.2, 0.25) is 25.7 Å². The van der Waals surface area contributed by atoms with Crippen LogP contribution in [0.15, 0.2) is 30.3 Å². The molecule has 2 N–H and O–H groups in total. The molecule has 0 unspecified atom stereocenters. The summed E-state index contributed by atoms with van der Waals surface area (Å²) < 4.78 is 53.0. The lowest BCUT2D eigenvalue weighted by Gasteiger charge is -2.48. The topological polar surface area (TPSA) is 122 Å². The van der Waals surface area contributed by atoms with Crippen molar-refractivity contribution in [3.05, 3.63) is 47.0 Å². The normalized spacial score (nSPS) is 25.9. The fourth-order valence-corrected chi connectivity index (χ4v) is 7.25. The highest BCUT2D eigenvalue weighted by Crippen LogP contribution is 2.41. The molecule has 1 aromatic carbocycles. The molecule has 0 aliphatic carbocycles. The van der Waals surface area contributed by atoms with Crippen LogP contribution in [-0.2, 0) is 39.6 Å². The van der Waals surface area contributed by atoms with Gasteiger partial charge in [0.2, 0.25) is 5.91 Å². The maximum Gasteiger partial charge on any atom is 0.338 e. The predicted octanol–water partition coefficient (Wildman–Crippen LogP) is 6.05. The Bertz CT molecular complexity index is 1370. The molecule has 9 atom stereocenters. The number of aliphatic hydroxyl groups excluding tert-OH is 1. The van der Waals surface area contributed by atoms with Gasteiger partial charge in [0.05, 0.1) is 38.6 Å². The molecule has 2 aliphatic heterocycles. The first-order valence-corrected chi connectivity index (χ1v) is 21.3. The van der Waals surface area contributed by atoms with E-state index in [-0.39, 0.29) is 48.8 Å². The number of methoxy groups -OCH3 is 2. The van der Waals surface area contributed by atoms with Crippen LogP contribution in [0.4, 0.5) is 0 Å². The Balaban J connectivity index is 1.86. The number of esters is 1. The van der Waals surface area contributed by atoms with Gasteiger partial charge in [0, 0.05) is 59.5 Å². The summed E-state index contributed by atoms with van der Waals surface area (Å²) in [7, 11) is 1.74. The lowest BCUT2D eigenvalue weighted by molar-refractivity contribution is -0.223. The zero-order valence-corrected chi connectivity index (χ0v) is 32.6. The molecule has 10 nitrogen and oxygen atoms in total. The minimum absolute atomic E-state index is 0.0135. The highest BCUT2D eigenvalue weighted by Gasteiger charge is 2.49. The molecule has 2 aliphatic rings. The first-order chi connectivity index (χ1) is 23.7. The van der Waals surface area contributed by atoms with E-state index in [1.165, 1.54) is 13.2 Å². The Morgan fingerprint density at radius 1 is 1.18 bits per heavy atom. The van der Waals surface area contributed by atoms with E-state index in [1.54, 1.807) is 21.0 Å². The molecule has 3 rings (SSSR count). The molecule has 0 spiro atoms. The largest absolute Gasteiger partial charge is 0.458 e. The second-order valence-electron chi connectivity index (χ2n) is 15.8. The predicted molar refractivity (Wildman–Crippen MR) is 193 cm³/mol. The number of benzene rings is 1. The number of rotatable bonds is 18. The third-order valence-electron chi connectivity index (χ3n) is 10.3. The lowest BCUT2D eigenvalue weighted by atomic mass is 9.73. The minimum atomic E-state index is -1.33. The van der Waals surface area contributed by atoms with E-state index < -0.39 is 62.1 Å². The maximum atomic E-state index is 13.4. The van der Waals surface area contributed by atoms with E-state index in [0.29, 0.717) is 37.0 Å². The Kier molecular flexibility index (Phi) is 13.9. The van der Waals surface area contributed by atoms with Gasteiger partial charge in [-0.05, 0) is 43.5 Å². The summed E-state index contributed by atoms with van der Waals surface area (Å²) in [6.45, 7) is 22.7. The number of carbonyl (C=O) groups is 2. The first kappa shape index (κ1) is 38.1. The fraction of sp³-hybridized carbons (Fsp3) is 0.737. The summed E-state index contributed by atoms with van der Waals surface area (Å²) in [5, 5.41) is 14.5. The zero-order valence-electron chi connectivity index (χ0n) is 33.6. The quantitative estimate of drug-likeness (QED) is 0.0618. The van der Waals surface area contributed by atoms with Gasteiger partial charge >= 0.3 is 5.97 Å². The van der Waals surface area contributed by atoms with Crippen LogP contribution < -0.4 is 5.32 Å². The van der Waals surface area contributed by atoms with Crippen molar-refractivity contribution >= 4 is 20.0 Å². The van der Waals surface area contributed by atoms with Crippen molar-refractivity contribution in [2.45, 2.75) is 136 Å². The van der Waals surface area contributed by atoms with Crippen molar-refractivity contribution in [1.82, 2.24) is 5.32 Å². The van der Waals surface area contributed by atoms with Crippen molar-refractivity contribution < 1.29 is 45.9 Å². The number of cyclic esters (lactones) is 1. The molecule has 278 valence electrons. The van der Waals surface area contributed by atoms with Gasteiger partial charge in [0.25, 0.3) is 0 Å². The summed E-state index contributed by atoms with van der Waals surface area (Å²) in [4.78, 5) is 26.6. The molecule has 2 heterocycles. The lowest BCUT2D eigenvalue weighted by Crippen LogP contribution is -2.58. The number of hydrogen-bond acceptors (Lipinski definition) is 9. The molecular weight excluding hydrogens is 643 g/mol. The summed E-state index contributed by atoms with van der Waals surface area (Å²) in [5.41, 5.74) is 1.72. The molecule has 1 amide bonds. The smallest absolute Gasteiger partial charge is 0.338 e. The van der Waals surface area contributed by atoms with Crippen LogP contribution in [0.1, 0.15) is 78.1 Å². The molecular formula is C38H63NO9Si. The van der Waals surface area contributed by atoms with Crippen molar-refractivity contribution in [2.75, 3.05) is 27.6 Å². The first-order valence-electron chi connectivity index (χ1n) is 18.6. The van der Waals surface area contributed by atoms with E-state index in [0.717, 1.165) is 11.6 Å². The Morgan fingerprint density at radius 2 is 1.88 bits per heavy atom. The highest BCUT2D eigenvalue weighted by atomic mass is 28.3. The molecule has 1 fully saturated rings. The van der Waals surface area contributed by atoms with Crippen molar-refractivity contribution in [3.63, 3.8) is 0 Å². The summed E-state index contributed by atoms with van der Waals surface area (Å²) in [5.74, 6) is -1.68. The number of amides is 1. The monoisotopic (exact) mass is 707 g/mol. The second kappa shape index (κ2) is 17.9. The number of ether oxygens (including phenoxy) is 6. The maximum absolute atomic E-state index is 13.4. The van der Waals surface area contributed by atoms with Crippen LogP contribution in [0, 0.1) is 24.2 Å². The average molecular weight is 708 g/mol. The van der Waals surface area contributed by atoms with Gasteiger partial charge in [-0.25, -0.2) is 4.79 Å². The number of hydrogen-bond donors (Lipinski definition) is 2. The standard InChI is InChI=1S/C38H63NO9Si/c1-23(2)18-29(43-8)26(5)35(41)39-36(44-9)32-20-33(40)38(6,7)34(47-32)21-30(46-22-45-16-17-49(10,11)12)25(4)31-19-28-24(3)14-13-15-27(28)37(42)48-31/h13-15,25-26,29-34,36,40H,1,16-22H2,2-12H3,(H,39,41)/t25-,26+,29+,30+,31-,32+,33-,34-,36+/m1/s1/i14D,15D. The van der Waals surface area contributed by atoms with Gasteiger partial charge in [0.1, 0.15) is 19.0 Å². The Hall–Kier alpha value is -2.12. The van der Waals surface area contributed by atoms with Crippen LogP contribution in [-0.4, -0.2) is 95.5 Å². The van der Waals surface area contributed by atoms with Gasteiger partial charge in [-0.1, -0.05) is 65.0 Å². The van der Waals surface area contributed by atoms with Crippen LogP contribution >= 0.6 is 0 Å². The van der Waals surface area contributed by atoms with Crippen LogP contribution in [0.25, 0.3) is 0 Å². The molecule has 1 saturated heterocycles. The molecule has 0 saturated carbocycles. The third-order valence-corrected chi connectivity index (χ3v) is 12.0. The number of nitrogens with one attached hydrogen (secondary N) is 1. The van der Waals surface area contributed by atoms with E-state index in [9.17, 15) is 14.7 Å². The van der Waals surface area contributed by atoms with Crippen molar-refractivity contribution in [2.24, 2.45) is 17.3 Å². The van der Waals surface area contributed by atoms with E-state index in [1.807, 2.05) is 27.7 Å². The fourth-order valence-electron chi connectivity index (χ4n) is 6.49. The van der Waals surface area contributed by atoms with E-state index >= 15 is 0 Å². The number of fused-ring (bicyclic) bond motifs is 1. The molecule has 0 aromatic heterocycles. The third kappa shape index (κ3) is 11.2. The van der Waals surface area contributed by atoms with Crippen LogP contribution in [0.3, 0.4) is 0 Å². The van der Waals surface area contributed by atoms with E-state index in [2.05, 4.69) is 31.5 Å².